The third-order valence-corrected chi connectivity index (χ3v) is 3.56. The Morgan fingerprint density at radius 3 is 1.75 bits per heavy atom. The predicted octanol–water partition coefficient (Wildman–Crippen LogP) is 3.29. The summed E-state index contributed by atoms with van der Waals surface area (Å²) in [7, 11) is 0. The summed E-state index contributed by atoms with van der Waals surface area (Å²) in [5.74, 6) is 0. The van der Waals surface area contributed by atoms with Crippen LogP contribution in [0.25, 0.3) is 0 Å². The second-order valence-electron chi connectivity index (χ2n) is 6.44. The van der Waals surface area contributed by atoms with Crippen molar-refractivity contribution in [2.24, 2.45) is 5.41 Å². The van der Waals surface area contributed by atoms with Crippen LogP contribution in [0.4, 0.5) is 0 Å². The maximum atomic E-state index is 10.3. The smallest absolute Gasteiger partial charge is 0.0718 e. The van der Waals surface area contributed by atoms with E-state index in [1.54, 1.807) is 0 Å². The van der Waals surface area contributed by atoms with Gasteiger partial charge in [0.1, 0.15) is 0 Å². The average Bonchev–Trinajstić information content (AvgIpc) is 2.14. The Morgan fingerprint density at radius 2 is 1.44 bits per heavy atom. The third-order valence-electron chi connectivity index (χ3n) is 3.56. The van der Waals surface area contributed by atoms with Gasteiger partial charge in [0.05, 0.1) is 6.10 Å². The first-order chi connectivity index (χ1) is 7.15. The Kier molecular flexibility index (Phi) is 5.99. The SMILES string of the molecule is CCN(CC)C(C)(C)C(O)CCC(C)(C)C. The summed E-state index contributed by atoms with van der Waals surface area (Å²) in [6.07, 6.45) is 1.71. The normalized spacial score (nSPS) is 15.6. The largest absolute Gasteiger partial charge is 0.391 e. The van der Waals surface area contributed by atoms with E-state index in [9.17, 15) is 5.11 Å². The standard InChI is InChI=1S/C14H31NO/c1-8-15(9-2)14(6,7)12(16)10-11-13(3,4)5/h12,16H,8-11H2,1-7H3. The van der Waals surface area contributed by atoms with E-state index in [1.807, 2.05) is 0 Å². The van der Waals surface area contributed by atoms with Gasteiger partial charge >= 0.3 is 0 Å². The van der Waals surface area contributed by atoms with Gasteiger partial charge in [-0.3, -0.25) is 4.90 Å². The van der Waals surface area contributed by atoms with Crippen molar-refractivity contribution in [1.29, 1.82) is 0 Å². The van der Waals surface area contributed by atoms with Gasteiger partial charge in [-0.2, -0.15) is 0 Å². The van der Waals surface area contributed by atoms with E-state index in [1.165, 1.54) is 0 Å². The Labute approximate surface area is 102 Å². The third kappa shape index (κ3) is 4.84. The van der Waals surface area contributed by atoms with Crippen LogP contribution in [0.15, 0.2) is 0 Å². The zero-order chi connectivity index (χ0) is 13.0. The number of aliphatic hydroxyl groups is 1. The molecule has 0 amide bonds. The first kappa shape index (κ1) is 15.9. The van der Waals surface area contributed by atoms with Crippen LogP contribution in [-0.2, 0) is 0 Å². The van der Waals surface area contributed by atoms with Crippen molar-refractivity contribution in [3.8, 4) is 0 Å². The number of rotatable bonds is 6. The van der Waals surface area contributed by atoms with Crippen molar-refractivity contribution in [2.45, 2.75) is 73.0 Å². The number of aliphatic hydroxyl groups excluding tert-OH is 1. The van der Waals surface area contributed by atoms with Crippen LogP contribution in [0.5, 0.6) is 0 Å². The fourth-order valence-electron chi connectivity index (χ4n) is 2.17. The highest BCUT2D eigenvalue weighted by molar-refractivity contribution is 4.88. The molecule has 16 heavy (non-hydrogen) atoms. The van der Waals surface area contributed by atoms with Crippen molar-refractivity contribution in [3.63, 3.8) is 0 Å². The van der Waals surface area contributed by atoms with E-state index in [4.69, 9.17) is 0 Å². The average molecular weight is 229 g/mol. The molecule has 1 atom stereocenters. The molecule has 0 saturated heterocycles. The van der Waals surface area contributed by atoms with Crippen molar-refractivity contribution >= 4 is 0 Å². The minimum atomic E-state index is -0.244. The van der Waals surface area contributed by atoms with E-state index in [-0.39, 0.29) is 11.6 Å². The van der Waals surface area contributed by atoms with E-state index >= 15 is 0 Å². The quantitative estimate of drug-likeness (QED) is 0.755. The van der Waals surface area contributed by atoms with Gasteiger partial charge in [-0.15, -0.1) is 0 Å². The molecule has 0 radical (unpaired) electrons. The minimum Gasteiger partial charge on any atom is -0.391 e. The van der Waals surface area contributed by atoms with E-state index in [2.05, 4.69) is 53.4 Å². The summed E-state index contributed by atoms with van der Waals surface area (Å²) in [5, 5.41) is 10.3. The molecule has 0 aliphatic heterocycles. The van der Waals surface area contributed by atoms with Crippen LogP contribution in [0.3, 0.4) is 0 Å². The molecule has 0 aliphatic carbocycles. The van der Waals surface area contributed by atoms with Gasteiger partial charge in [0.2, 0.25) is 0 Å². The molecule has 0 aromatic carbocycles. The van der Waals surface area contributed by atoms with E-state index < -0.39 is 0 Å². The highest BCUT2D eigenvalue weighted by Gasteiger charge is 2.32. The van der Waals surface area contributed by atoms with Gasteiger partial charge < -0.3 is 5.11 Å². The summed E-state index contributed by atoms with van der Waals surface area (Å²) >= 11 is 0. The Bertz CT molecular complexity index is 189. The zero-order valence-corrected chi connectivity index (χ0v) is 12.3. The van der Waals surface area contributed by atoms with Gasteiger partial charge in [-0.25, -0.2) is 0 Å². The molecule has 0 aliphatic rings. The molecule has 2 heteroatoms. The Balaban J connectivity index is 4.39. The molecule has 0 rings (SSSR count). The molecule has 1 unspecified atom stereocenters. The molecule has 0 spiro atoms. The fourth-order valence-corrected chi connectivity index (χ4v) is 2.17. The fraction of sp³-hybridized carbons (Fsp3) is 1.00. The van der Waals surface area contributed by atoms with Crippen molar-refractivity contribution < 1.29 is 5.11 Å². The molecule has 1 N–H and O–H groups in total. The summed E-state index contributed by atoms with van der Waals surface area (Å²) in [5.41, 5.74) is 0.190. The van der Waals surface area contributed by atoms with E-state index in [0.717, 1.165) is 25.9 Å². The van der Waals surface area contributed by atoms with Gasteiger partial charge in [-0.05, 0) is 45.2 Å². The maximum absolute atomic E-state index is 10.3. The zero-order valence-electron chi connectivity index (χ0n) is 12.3. The molecule has 98 valence electrons. The molecule has 0 fully saturated rings. The van der Waals surface area contributed by atoms with Crippen molar-refractivity contribution in [3.05, 3.63) is 0 Å². The van der Waals surface area contributed by atoms with Gasteiger partial charge in [0.15, 0.2) is 0 Å². The second-order valence-corrected chi connectivity index (χ2v) is 6.44. The Hall–Kier alpha value is -0.0800. The molecular weight excluding hydrogens is 198 g/mol. The highest BCUT2D eigenvalue weighted by atomic mass is 16.3. The first-order valence-corrected chi connectivity index (χ1v) is 6.58. The lowest BCUT2D eigenvalue weighted by molar-refractivity contribution is -0.0142. The number of likely N-dealkylation sites (N-methyl/N-ethyl adjacent to an activating group) is 1. The van der Waals surface area contributed by atoms with Crippen LogP contribution < -0.4 is 0 Å². The van der Waals surface area contributed by atoms with Gasteiger partial charge in [-0.1, -0.05) is 34.6 Å². The molecule has 0 aromatic heterocycles. The van der Waals surface area contributed by atoms with Crippen LogP contribution in [0.1, 0.15) is 61.3 Å². The Morgan fingerprint density at radius 1 is 1.00 bits per heavy atom. The number of nitrogens with zero attached hydrogens (tertiary/aromatic N) is 1. The summed E-state index contributed by atoms with van der Waals surface area (Å²) in [4.78, 5) is 2.33. The molecule has 0 bridgehead atoms. The molecule has 0 aromatic rings. The van der Waals surface area contributed by atoms with E-state index in [0.29, 0.717) is 5.41 Å². The lowest BCUT2D eigenvalue weighted by Crippen LogP contribution is -2.52. The molecule has 2 nitrogen and oxygen atoms in total. The molecule has 0 heterocycles. The van der Waals surface area contributed by atoms with Crippen LogP contribution in [-0.4, -0.2) is 34.7 Å². The summed E-state index contributed by atoms with van der Waals surface area (Å²) < 4.78 is 0. The van der Waals surface area contributed by atoms with Crippen molar-refractivity contribution in [2.75, 3.05) is 13.1 Å². The highest BCUT2D eigenvalue weighted by Crippen LogP contribution is 2.27. The lowest BCUT2D eigenvalue weighted by atomic mass is 9.84. The monoisotopic (exact) mass is 229 g/mol. The maximum Gasteiger partial charge on any atom is 0.0718 e. The minimum absolute atomic E-state index is 0.116. The lowest BCUT2D eigenvalue weighted by Gasteiger charge is -2.41. The second kappa shape index (κ2) is 6.02. The molecular formula is C14H31NO. The molecule has 0 saturated carbocycles. The van der Waals surface area contributed by atoms with Crippen LogP contribution >= 0.6 is 0 Å². The van der Waals surface area contributed by atoms with Gasteiger partial charge in [0, 0.05) is 5.54 Å². The van der Waals surface area contributed by atoms with Crippen LogP contribution in [0.2, 0.25) is 0 Å². The number of hydrogen-bond donors (Lipinski definition) is 1. The first-order valence-electron chi connectivity index (χ1n) is 6.58. The summed E-state index contributed by atoms with van der Waals surface area (Å²) in [6.45, 7) is 17.3. The topological polar surface area (TPSA) is 23.5 Å². The van der Waals surface area contributed by atoms with Crippen LogP contribution in [0, 0.1) is 5.41 Å². The van der Waals surface area contributed by atoms with Gasteiger partial charge in [0.25, 0.3) is 0 Å². The van der Waals surface area contributed by atoms with Crippen molar-refractivity contribution in [1.82, 2.24) is 4.90 Å². The predicted molar refractivity (Wildman–Crippen MR) is 71.7 cm³/mol. The number of hydrogen-bond acceptors (Lipinski definition) is 2. The summed E-state index contributed by atoms with van der Waals surface area (Å²) in [6, 6.07) is 0.